The summed E-state index contributed by atoms with van der Waals surface area (Å²) in [5.74, 6) is -0.298. The molecule has 0 bridgehead atoms. The molecule has 0 amide bonds. The molecule has 2 aromatic rings. The molecule has 0 spiro atoms. The van der Waals surface area contributed by atoms with Crippen LogP contribution in [0, 0.1) is 6.92 Å². The van der Waals surface area contributed by atoms with E-state index in [4.69, 9.17) is 16.3 Å². The predicted molar refractivity (Wildman–Crippen MR) is 70.8 cm³/mol. The van der Waals surface area contributed by atoms with Gasteiger partial charge < -0.3 is 4.74 Å². The van der Waals surface area contributed by atoms with Crippen LogP contribution in [0.4, 0.5) is 0 Å². The second-order valence-corrected chi connectivity index (χ2v) is 4.94. The van der Waals surface area contributed by atoms with Crippen LogP contribution in [0.2, 0.25) is 5.02 Å². The minimum absolute atomic E-state index is 0.298. The summed E-state index contributed by atoms with van der Waals surface area (Å²) >= 11 is 7.25. The van der Waals surface area contributed by atoms with Gasteiger partial charge in [0.05, 0.1) is 7.11 Å². The zero-order valence-corrected chi connectivity index (χ0v) is 11.1. The van der Waals surface area contributed by atoms with E-state index in [2.05, 4.69) is 0 Å². The molecule has 17 heavy (non-hydrogen) atoms. The average Bonchev–Trinajstić information content (AvgIpc) is 2.71. The molecule has 0 saturated carbocycles. The maximum Gasteiger partial charge on any atom is 0.348 e. The number of methoxy groups -OCH3 is 1. The number of esters is 1. The van der Waals surface area contributed by atoms with Gasteiger partial charge in [0.2, 0.25) is 0 Å². The molecule has 88 valence electrons. The summed E-state index contributed by atoms with van der Waals surface area (Å²) in [6, 6.07) is 7.44. The van der Waals surface area contributed by atoms with Gasteiger partial charge in [-0.15, -0.1) is 11.3 Å². The fourth-order valence-corrected chi connectivity index (χ4v) is 2.78. The van der Waals surface area contributed by atoms with Gasteiger partial charge in [-0.1, -0.05) is 23.7 Å². The van der Waals surface area contributed by atoms with Crippen LogP contribution in [0.25, 0.3) is 11.1 Å². The summed E-state index contributed by atoms with van der Waals surface area (Å²) in [6.07, 6.45) is 0. The van der Waals surface area contributed by atoms with E-state index in [1.165, 1.54) is 18.4 Å². The fourth-order valence-electron chi connectivity index (χ4n) is 1.66. The first-order chi connectivity index (χ1) is 8.13. The summed E-state index contributed by atoms with van der Waals surface area (Å²) in [5, 5.41) is 2.64. The van der Waals surface area contributed by atoms with E-state index >= 15 is 0 Å². The van der Waals surface area contributed by atoms with Crippen LogP contribution in [-0.4, -0.2) is 13.1 Å². The smallest absolute Gasteiger partial charge is 0.348 e. The number of carbonyl (C=O) groups excluding carboxylic acids is 1. The highest BCUT2D eigenvalue weighted by atomic mass is 35.5. The maximum atomic E-state index is 11.6. The molecular formula is C13H11ClO2S. The van der Waals surface area contributed by atoms with Crippen molar-refractivity contribution in [1.29, 1.82) is 0 Å². The number of rotatable bonds is 2. The lowest BCUT2D eigenvalue weighted by Gasteiger charge is -2.04. The molecule has 0 aliphatic heterocycles. The monoisotopic (exact) mass is 266 g/mol. The molecular weight excluding hydrogens is 256 g/mol. The number of hydrogen-bond acceptors (Lipinski definition) is 3. The van der Waals surface area contributed by atoms with Crippen molar-refractivity contribution in [2.75, 3.05) is 7.11 Å². The van der Waals surface area contributed by atoms with Crippen molar-refractivity contribution in [1.82, 2.24) is 0 Å². The first-order valence-electron chi connectivity index (χ1n) is 5.06. The molecule has 0 unspecified atom stereocenters. The summed E-state index contributed by atoms with van der Waals surface area (Å²) in [5.41, 5.74) is 2.98. The van der Waals surface area contributed by atoms with Gasteiger partial charge >= 0.3 is 5.97 Å². The Bertz CT molecular complexity index is 543. The Morgan fingerprint density at radius 1 is 1.29 bits per heavy atom. The molecule has 0 fully saturated rings. The molecule has 0 aliphatic carbocycles. The Morgan fingerprint density at radius 3 is 2.53 bits per heavy atom. The van der Waals surface area contributed by atoms with Crippen LogP contribution in [0.3, 0.4) is 0 Å². The van der Waals surface area contributed by atoms with E-state index in [1.54, 1.807) is 0 Å². The molecule has 1 aromatic carbocycles. The van der Waals surface area contributed by atoms with E-state index < -0.39 is 0 Å². The van der Waals surface area contributed by atoms with Crippen LogP contribution in [0.15, 0.2) is 29.6 Å². The average molecular weight is 267 g/mol. The van der Waals surface area contributed by atoms with Gasteiger partial charge in [0.1, 0.15) is 4.88 Å². The standard InChI is InChI=1S/C13H11ClO2S/c1-8-7-17-12(13(15)16-2)11(8)9-3-5-10(14)6-4-9/h3-7H,1-2H3. The quantitative estimate of drug-likeness (QED) is 0.763. The molecule has 2 nitrogen and oxygen atoms in total. The van der Waals surface area contributed by atoms with Gasteiger partial charge in [0.25, 0.3) is 0 Å². The zero-order chi connectivity index (χ0) is 12.4. The molecule has 2 rings (SSSR count). The molecule has 0 aliphatic rings. The number of carbonyl (C=O) groups is 1. The lowest BCUT2D eigenvalue weighted by Crippen LogP contribution is -2.00. The number of thiophene rings is 1. The summed E-state index contributed by atoms with van der Waals surface area (Å²) in [7, 11) is 1.39. The van der Waals surface area contributed by atoms with Crippen molar-refractivity contribution in [3.63, 3.8) is 0 Å². The summed E-state index contributed by atoms with van der Waals surface area (Å²) < 4.78 is 4.78. The predicted octanol–water partition coefficient (Wildman–Crippen LogP) is 4.16. The van der Waals surface area contributed by atoms with Crippen LogP contribution >= 0.6 is 22.9 Å². The van der Waals surface area contributed by atoms with Gasteiger partial charge in [0, 0.05) is 10.6 Å². The Labute approximate surface area is 109 Å². The molecule has 1 aromatic heterocycles. The van der Waals surface area contributed by atoms with Gasteiger partial charge in [-0.05, 0) is 35.6 Å². The highest BCUT2D eigenvalue weighted by Gasteiger charge is 2.17. The SMILES string of the molecule is COC(=O)c1scc(C)c1-c1ccc(Cl)cc1. The molecule has 4 heteroatoms. The van der Waals surface area contributed by atoms with E-state index in [1.807, 2.05) is 36.6 Å². The van der Waals surface area contributed by atoms with Gasteiger partial charge in [-0.3, -0.25) is 0 Å². The largest absolute Gasteiger partial charge is 0.465 e. The van der Waals surface area contributed by atoms with Gasteiger partial charge in [-0.2, -0.15) is 0 Å². The van der Waals surface area contributed by atoms with Crippen LogP contribution in [0.1, 0.15) is 15.2 Å². The second kappa shape index (κ2) is 4.90. The Morgan fingerprint density at radius 2 is 1.94 bits per heavy atom. The summed E-state index contributed by atoms with van der Waals surface area (Å²) in [6.45, 7) is 1.98. The number of hydrogen-bond donors (Lipinski definition) is 0. The van der Waals surface area contributed by atoms with Gasteiger partial charge in [0.15, 0.2) is 0 Å². The third kappa shape index (κ3) is 2.35. The minimum Gasteiger partial charge on any atom is -0.465 e. The molecule has 0 N–H and O–H groups in total. The number of halogens is 1. The summed E-state index contributed by atoms with van der Waals surface area (Å²) in [4.78, 5) is 12.3. The topological polar surface area (TPSA) is 26.3 Å². The Hall–Kier alpha value is -1.32. The van der Waals surface area contributed by atoms with Crippen molar-refractivity contribution in [2.24, 2.45) is 0 Å². The van der Waals surface area contributed by atoms with Gasteiger partial charge in [-0.25, -0.2) is 4.79 Å². The van der Waals surface area contributed by atoms with E-state index in [0.29, 0.717) is 9.90 Å². The number of aryl methyl sites for hydroxylation is 1. The molecule has 0 saturated heterocycles. The first kappa shape index (κ1) is 12.1. The van der Waals surface area contributed by atoms with Crippen molar-refractivity contribution in [3.05, 3.63) is 45.1 Å². The first-order valence-corrected chi connectivity index (χ1v) is 6.31. The molecule has 0 radical (unpaired) electrons. The lowest BCUT2D eigenvalue weighted by atomic mass is 10.0. The van der Waals surface area contributed by atoms with Crippen molar-refractivity contribution < 1.29 is 9.53 Å². The third-order valence-electron chi connectivity index (χ3n) is 2.48. The molecule has 0 atom stereocenters. The van der Waals surface area contributed by atoms with Crippen LogP contribution in [0.5, 0.6) is 0 Å². The minimum atomic E-state index is -0.298. The van der Waals surface area contributed by atoms with Crippen molar-refractivity contribution >= 4 is 28.9 Å². The maximum absolute atomic E-state index is 11.6. The normalized spacial score (nSPS) is 10.3. The van der Waals surface area contributed by atoms with Crippen LogP contribution in [-0.2, 0) is 4.74 Å². The zero-order valence-electron chi connectivity index (χ0n) is 9.49. The van der Waals surface area contributed by atoms with E-state index in [0.717, 1.165) is 16.7 Å². The highest BCUT2D eigenvalue weighted by molar-refractivity contribution is 7.12. The second-order valence-electron chi connectivity index (χ2n) is 3.62. The fraction of sp³-hybridized carbons (Fsp3) is 0.154. The Balaban J connectivity index is 2.54. The molecule has 1 heterocycles. The Kier molecular flexibility index (Phi) is 3.50. The van der Waals surface area contributed by atoms with E-state index in [9.17, 15) is 4.79 Å². The van der Waals surface area contributed by atoms with Crippen molar-refractivity contribution in [2.45, 2.75) is 6.92 Å². The number of ether oxygens (including phenoxy) is 1. The van der Waals surface area contributed by atoms with Crippen LogP contribution < -0.4 is 0 Å². The van der Waals surface area contributed by atoms with Crippen molar-refractivity contribution in [3.8, 4) is 11.1 Å². The number of benzene rings is 1. The highest BCUT2D eigenvalue weighted by Crippen LogP contribution is 2.33. The van der Waals surface area contributed by atoms with E-state index in [-0.39, 0.29) is 5.97 Å². The lowest BCUT2D eigenvalue weighted by molar-refractivity contribution is 0.0607. The third-order valence-corrected chi connectivity index (χ3v) is 3.81.